The third-order valence-corrected chi connectivity index (χ3v) is 22.8. The Hall–Kier alpha value is -5.17. The average molecular weight is 1120 g/mol. The van der Waals surface area contributed by atoms with E-state index < -0.39 is 89.4 Å². The normalized spacial score (nSPS) is 17.3. The Bertz CT molecular complexity index is 3270. The molecule has 0 unspecified atom stereocenters. The van der Waals surface area contributed by atoms with Crippen LogP contribution in [0.4, 0.5) is 0 Å². The van der Waals surface area contributed by atoms with E-state index in [1.807, 2.05) is 49.1 Å². The Balaban J connectivity index is 1.38. The van der Waals surface area contributed by atoms with E-state index in [0.29, 0.717) is 0 Å². The molecule has 6 aromatic rings. The molecule has 402 valence electrons. The summed E-state index contributed by atoms with van der Waals surface area (Å²) in [6, 6.07) is 40.4. The van der Waals surface area contributed by atoms with Gasteiger partial charge in [0.25, 0.3) is 0 Å². The van der Waals surface area contributed by atoms with Gasteiger partial charge in [0.1, 0.15) is 0 Å². The van der Waals surface area contributed by atoms with E-state index in [9.17, 15) is 42.1 Å². The molecule has 1 fully saturated rings. The highest BCUT2D eigenvalue weighted by atomic mass is 32.2. The molecule has 0 aliphatic carbocycles. The lowest BCUT2D eigenvalue weighted by atomic mass is 10.2. The van der Waals surface area contributed by atoms with Gasteiger partial charge in [-0.3, -0.25) is 4.90 Å². The highest BCUT2D eigenvalue weighted by Gasteiger charge is 2.35. The van der Waals surface area contributed by atoms with Crippen LogP contribution in [0.15, 0.2) is 176 Å². The van der Waals surface area contributed by atoms with Crippen molar-refractivity contribution >= 4 is 50.1 Å². The van der Waals surface area contributed by atoms with Gasteiger partial charge >= 0.3 is 0 Å². The van der Waals surface area contributed by atoms with E-state index in [1.165, 1.54) is 69.3 Å². The first-order valence-corrected chi connectivity index (χ1v) is 31.8. The predicted octanol–water partition coefficient (Wildman–Crippen LogP) is 6.50. The lowest BCUT2D eigenvalue weighted by molar-refractivity contribution is 0.215. The van der Waals surface area contributed by atoms with Gasteiger partial charge in [0.2, 0.25) is 50.1 Å². The average Bonchev–Trinajstić information content (AvgIpc) is 3.37. The van der Waals surface area contributed by atoms with Crippen LogP contribution in [0.2, 0.25) is 0 Å². The molecule has 75 heavy (non-hydrogen) atoms. The zero-order valence-electron chi connectivity index (χ0n) is 42.9. The van der Waals surface area contributed by atoms with Gasteiger partial charge in [0, 0.05) is 85.1 Å². The molecule has 1 aliphatic heterocycles. The van der Waals surface area contributed by atoms with E-state index in [0.717, 1.165) is 46.3 Å². The fraction of sp³-hybridized carbons (Fsp3) is 0.333. The number of sulfonamides is 5. The van der Waals surface area contributed by atoms with Gasteiger partial charge in [-0.1, -0.05) is 119 Å². The van der Waals surface area contributed by atoms with E-state index in [2.05, 4.69) is 0 Å². The molecule has 0 atom stereocenters. The maximum absolute atomic E-state index is 14.9. The van der Waals surface area contributed by atoms with Crippen molar-refractivity contribution in [3.8, 4) is 0 Å². The zero-order valence-corrected chi connectivity index (χ0v) is 47.0. The fourth-order valence-corrected chi connectivity index (χ4v) is 15.7. The van der Waals surface area contributed by atoms with Crippen molar-refractivity contribution in [2.75, 3.05) is 78.5 Å². The van der Waals surface area contributed by atoms with Crippen LogP contribution in [-0.4, -0.2) is 147 Å². The smallest absolute Gasteiger partial charge is 0.243 e. The third-order valence-electron chi connectivity index (χ3n) is 13.3. The highest BCUT2D eigenvalue weighted by molar-refractivity contribution is 7.90. The largest absolute Gasteiger partial charge is 0.296 e. The summed E-state index contributed by atoms with van der Waals surface area (Å²) in [5.41, 5.74) is 4.86. The molecule has 0 N–H and O–H groups in total. The number of aryl methyl sites for hydroxylation is 5. The number of hydrogen-bond acceptors (Lipinski definition) is 11. The minimum absolute atomic E-state index is 0.0198. The quantitative estimate of drug-likeness (QED) is 0.130. The molecule has 0 radical (unpaired) electrons. The summed E-state index contributed by atoms with van der Waals surface area (Å²) in [7, 11) is -22.0. The molecule has 6 aromatic carbocycles. The Labute approximate surface area is 445 Å². The first kappa shape index (κ1) is 57.5. The highest BCUT2D eigenvalue weighted by Crippen LogP contribution is 2.25. The van der Waals surface area contributed by atoms with Gasteiger partial charge in [0.05, 0.1) is 24.5 Å². The van der Waals surface area contributed by atoms with Gasteiger partial charge in [-0.05, 0) is 101 Å². The standard InChI is InChI=1S/C54H66N6O10S5/c1-44-11-21-50(22-12-44)71(61,62)56-33-31-55(43-49-9-7-6-8-10-49)32-34-57(72(63,64)51-23-13-45(2)14-24-51)36-38-59(74(67,68)53-27-17-47(4)18-28-53)40-42-60(75(69,70)54-29-19-48(5)20-30-54)41-39-58(37-35-56)73(65,66)52-25-15-46(3)16-26-52/h6-30H,31-43H2,1-5H3. The molecule has 1 heterocycles. The molecule has 7 rings (SSSR count). The van der Waals surface area contributed by atoms with Crippen molar-refractivity contribution in [3.05, 3.63) is 185 Å². The molecule has 0 saturated carbocycles. The van der Waals surface area contributed by atoms with Crippen molar-refractivity contribution in [2.45, 2.75) is 65.6 Å². The maximum atomic E-state index is 14.9. The SMILES string of the molecule is Cc1ccc(S(=O)(=O)N2CCN(Cc3ccccc3)CCN(S(=O)(=O)c3ccc(C)cc3)CCN(S(=O)(=O)c3ccc(C)cc3)CCN(S(=O)(=O)c3ccc(C)cc3)CCN(S(=O)(=O)c3ccc(C)cc3)CC2)cc1. The third kappa shape index (κ3) is 14.3. The summed E-state index contributed by atoms with van der Waals surface area (Å²) in [5.74, 6) is 0. The van der Waals surface area contributed by atoms with Crippen LogP contribution in [0, 0.1) is 34.6 Å². The van der Waals surface area contributed by atoms with E-state index in [1.54, 1.807) is 81.4 Å². The van der Waals surface area contributed by atoms with Crippen LogP contribution < -0.4 is 0 Å². The first-order chi connectivity index (χ1) is 35.5. The number of benzene rings is 6. The topological polar surface area (TPSA) is 190 Å². The molecular formula is C54H66N6O10S5. The lowest BCUT2D eigenvalue weighted by Gasteiger charge is -2.33. The monoisotopic (exact) mass is 1120 g/mol. The van der Waals surface area contributed by atoms with Gasteiger partial charge in [-0.2, -0.15) is 21.5 Å². The fourth-order valence-electron chi connectivity index (χ4n) is 8.57. The van der Waals surface area contributed by atoms with Gasteiger partial charge in [0.15, 0.2) is 0 Å². The first-order valence-electron chi connectivity index (χ1n) is 24.6. The Kier molecular flexibility index (Phi) is 18.7. The molecule has 0 spiro atoms. The molecule has 1 aliphatic rings. The number of nitrogens with zero attached hydrogens (tertiary/aromatic N) is 6. The maximum Gasteiger partial charge on any atom is 0.243 e. The summed E-state index contributed by atoms with van der Waals surface area (Å²) in [4.78, 5) is 1.57. The number of rotatable bonds is 12. The van der Waals surface area contributed by atoms with E-state index in [4.69, 9.17) is 0 Å². The van der Waals surface area contributed by atoms with Crippen LogP contribution >= 0.6 is 0 Å². The van der Waals surface area contributed by atoms with Crippen LogP contribution in [0.3, 0.4) is 0 Å². The van der Waals surface area contributed by atoms with Crippen LogP contribution in [0.1, 0.15) is 33.4 Å². The minimum Gasteiger partial charge on any atom is -0.296 e. The van der Waals surface area contributed by atoms with Crippen LogP contribution in [-0.2, 0) is 56.7 Å². The van der Waals surface area contributed by atoms with Crippen molar-refractivity contribution in [3.63, 3.8) is 0 Å². The summed E-state index contributed by atoms with van der Waals surface area (Å²) in [5, 5.41) is 0. The predicted molar refractivity (Wildman–Crippen MR) is 291 cm³/mol. The minimum atomic E-state index is -4.49. The second kappa shape index (κ2) is 24.4. The van der Waals surface area contributed by atoms with Crippen molar-refractivity contribution in [1.82, 2.24) is 26.4 Å². The van der Waals surface area contributed by atoms with Crippen molar-refractivity contribution in [1.29, 1.82) is 0 Å². The molecule has 0 aromatic heterocycles. The summed E-state index contributed by atoms with van der Waals surface area (Å²) in [6.45, 7) is 5.67. The second-order valence-corrected chi connectivity index (χ2v) is 28.5. The molecular weight excluding hydrogens is 1050 g/mol. The molecule has 21 heteroatoms. The Morgan fingerprint density at radius 1 is 0.267 bits per heavy atom. The molecule has 0 bridgehead atoms. The van der Waals surface area contributed by atoms with Crippen molar-refractivity contribution in [2.24, 2.45) is 0 Å². The van der Waals surface area contributed by atoms with Crippen molar-refractivity contribution < 1.29 is 42.1 Å². The Morgan fingerprint density at radius 3 is 0.653 bits per heavy atom. The molecule has 16 nitrogen and oxygen atoms in total. The van der Waals surface area contributed by atoms with Gasteiger partial charge in [-0.25, -0.2) is 42.1 Å². The summed E-state index contributed by atoms with van der Waals surface area (Å²) in [6.07, 6.45) is 0. The zero-order chi connectivity index (χ0) is 54.2. The van der Waals surface area contributed by atoms with E-state index >= 15 is 0 Å². The molecule has 1 saturated heterocycles. The number of hydrogen-bond donors (Lipinski definition) is 0. The second-order valence-electron chi connectivity index (χ2n) is 18.8. The van der Waals surface area contributed by atoms with Crippen LogP contribution in [0.5, 0.6) is 0 Å². The molecule has 0 amide bonds. The van der Waals surface area contributed by atoms with Crippen LogP contribution in [0.25, 0.3) is 0 Å². The Morgan fingerprint density at radius 2 is 0.453 bits per heavy atom. The van der Waals surface area contributed by atoms with Gasteiger partial charge < -0.3 is 0 Å². The van der Waals surface area contributed by atoms with Gasteiger partial charge in [-0.15, -0.1) is 0 Å². The van der Waals surface area contributed by atoms with E-state index in [-0.39, 0.29) is 70.3 Å². The summed E-state index contributed by atoms with van der Waals surface area (Å²) >= 11 is 0. The summed E-state index contributed by atoms with van der Waals surface area (Å²) < 4.78 is 154. The lowest BCUT2D eigenvalue weighted by Crippen LogP contribution is -2.49.